The maximum absolute atomic E-state index is 3.65. The molecule has 0 N–H and O–H groups in total. The Morgan fingerprint density at radius 3 is 2.79 bits per heavy atom. The smallest absolute Gasteiger partial charge is 0.0249 e. The van der Waals surface area contributed by atoms with Crippen LogP contribution in [0, 0.1) is 6.92 Å². The molecule has 0 atom stereocenters. The summed E-state index contributed by atoms with van der Waals surface area (Å²) in [7, 11) is 2.21. The van der Waals surface area contributed by atoms with Gasteiger partial charge in [0, 0.05) is 17.1 Å². The second-order valence-electron chi connectivity index (χ2n) is 4.19. The Bertz CT molecular complexity index is 331. The molecule has 0 heterocycles. The van der Waals surface area contributed by atoms with E-state index in [1.165, 1.54) is 28.4 Å². The molecule has 1 saturated carbocycles. The lowest BCUT2D eigenvalue weighted by molar-refractivity contribution is 0.316. The molecule has 0 bridgehead atoms. The Kier molecular flexibility index (Phi) is 2.93. The summed E-state index contributed by atoms with van der Waals surface area (Å²) < 4.78 is 1.27. The van der Waals surface area contributed by atoms with Crippen molar-refractivity contribution in [2.24, 2.45) is 0 Å². The molecule has 0 aromatic heterocycles. The Labute approximate surface area is 94.2 Å². The van der Waals surface area contributed by atoms with Gasteiger partial charge in [-0.25, -0.2) is 0 Å². The van der Waals surface area contributed by atoms with Gasteiger partial charge in [0.25, 0.3) is 0 Å². The Balaban J connectivity index is 2.11. The quantitative estimate of drug-likeness (QED) is 0.799. The Hall–Kier alpha value is -0.340. The van der Waals surface area contributed by atoms with Crippen LogP contribution in [-0.2, 0) is 6.54 Å². The molecule has 76 valence electrons. The molecule has 2 rings (SSSR count). The third-order valence-corrected chi connectivity index (χ3v) is 4.00. The van der Waals surface area contributed by atoms with Gasteiger partial charge in [0.05, 0.1) is 0 Å². The number of hydrogen-bond acceptors (Lipinski definition) is 1. The first kappa shape index (κ1) is 10.2. The van der Waals surface area contributed by atoms with Crippen molar-refractivity contribution < 1.29 is 0 Å². The van der Waals surface area contributed by atoms with Crippen LogP contribution in [0.1, 0.15) is 24.0 Å². The summed E-state index contributed by atoms with van der Waals surface area (Å²) in [6.07, 6.45) is 2.75. The molecule has 1 fully saturated rings. The zero-order valence-corrected chi connectivity index (χ0v) is 10.3. The van der Waals surface area contributed by atoms with Gasteiger partial charge in [-0.3, -0.25) is 4.90 Å². The van der Waals surface area contributed by atoms with E-state index < -0.39 is 0 Å². The summed E-state index contributed by atoms with van der Waals surface area (Å²) in [5, 5.41) is 0. The van der Waals surface area contributed by atoms with Gasteiger partial charge >= 0.3 is 0 Å². The van der Waals surface area contributed by atoms with Gasteiger partial charge < -0.3 is 0 Å². The third-order valence-electron chi connectivity index (χ3n) is 2.86. The minimum absolute atomic E-state index is 0.836. The van der Waals surface area contributed by atoms with E-state index in [1.54, 1.807) is 0 Å². The lowest BCUT2D eigenvalue weighted by Gasteiger charge is -2.17. The molecular formula is C12H16BrN. The maximum Gasteiger partial charge on any atom is 0.0249 e. The zero-order chi connectivity index (χ0) is 10.1. The van der Waals surface area contributed by atoms with E-state index in [-0.39, 0.29) is 0 Å². The van der Waals surface area contributed by atoms with Crippen LogP contribution in [-0.4, -0.2) is 18.0 Å². The van der Waals surface area contributed by atoms with Crippen molar-refractivity contribution in [3.8, 4) is 0 Å². The van der Waals surface area contributed by atoms with E-state index in [0.29, 0.717) is 0 Å². The minimum atomic E-state index is 0.836. The van der Waals surface area contributed by atoms with Gasteiger partial charge in [0.2, 0.25) is 0 Å². The predicted octanol–water partition coefficient (Wildman–Crippen LogP) is 3.35. The van der Waals surface area contributed by atoms with Crippen molar-refractivity contribution in [2.75, 3.05) is 7.05 Å². The second-order valence-corrected chi connectivity index (χ2v) is 4.99. The minimum Gasteiger partial charge on any atom is -0.299 e. The first-order chi connectivity index (χ1) is 6.68. The van der Waals surface area contributed by atoms with Gasteiger partial charge in [-0.2, -0.15) is 0 Å². The van der Waals surface area contributed by atoms with Gasteiger partial charge in [-0.15, -0.1) is 0 Å². The normalized spacial score (nSPS) is 16.3. The lowest BCUT2D eigenvalue weighted by atomic mass is 10.1. The number of hydrogen-bond donors (Lipinski definition) is 0. The average molecular weight is 254 g/mol. The standard InChI is InChI=1S/C12H16BrN/c1-9-4-3-5-10(12(9)13)8-14(2)11-6-7-11/h3-5,11H,6-8H2,1-2H3. The van der Waals surface area contributed by atoms with Crippen molar-refractivity contribution in [2.45, 2.75) is 32.4 Å². The van der Waals surface area contributed by atoms with Crippen LogP contribution in [0.5, 0.6) is 0 Å². The van der Waals surface area contributed by atoms with Crippen LogP contribution in [0.4, 0.5) is 0 Å². The van der Waals surface area contributed by atoms with Gasteiger partial charge in [-0.05, 0) is 37.9 Å². The van der Waals surface area contributed by atoms with E-state index in [0.717, 1.165) is 12.6 Å². The van der Waals surface area contributed by atoms with Crippen molar-refractivity contribution in [3.05, 3.63) is 33.8 Å². The zero-order valence-electron chi connectivity index (χ0n) is 8.76. The van der Waals surface area contributed by atoms with E-state index in [9.17, 15) is 0 Å². The van der Waals surface area contributed by atoms with Gasteiger partial charge in [0.15, 0.2) is 0 Å². The summed E-state index contributed by atoms with van der Waals surface area (Å²) in [5.74, 6) is 0. The topological polar surface area (TPSA) is 3.24 Å². The Morgan fingerprint density at radius 2 is 2.14 bits per heavy atom. The second kappa shape index (κ2) is 4.03. The van der Waals surface area contributed by atoms with Crippen molar-refractivity contribution in [3.63, 3.8) is 0 Å². The van der Waals surface area contributed by atoms with E-state index in [1.807, 2.05) is 0 Å². The van der Waals surface area contributed by atoms with Crippen LogP contribution >= 0.6 is 15.9 Å². The molecule has 0 radical (unpaired) electrons. The molecule has 14 heavy (non-hydrogen) atoms. The molecule has 0 spiro atoms. The fourth-order valence-corrected chi connectivity index (χ4v) is 2.13. The van der Waals surface area contributed by atoms with E-state index in [4.69, 9.17) is 0 Å². The largest absolute Gasteiger partial charge is 0.299 e. The molecule has 1 aromatic rings. The summed E-state index contributed by atoms with van der Waals surface area (Å²) >= 11 is 3.65. The molecule has 0 aliphatic heterocycles. The first-order valence-electron chi connectivity index (χ1n) is 5.12. The maximum atomic E-state index is 3.65. The number of benzene rings is 1. The predicted molar refractivity (Wildman–Crippen MR) is 63.4 cm³/mol. The molecule has 1 nitrogen and oxygen atoms in total. The summed E-state index contributed by atoms with van der Waals surface area (Å²) in [4.78, 5) is 2.44. The van der Waals surface area contributed by atoms with Crippen molar-refractivity contribution in [1.82, 2.24) is 4.90 Å². The van der Waals surface area contributed by atoms with Crippen LogP contribution in [0.15, 0.2) is 22.7 Å². The highest BCUT2D eigenvalue weighted by atomic mass is 79.9. The molecule has 1 aromatic carbocycles. The molecule has 0 amide bonds. The average Bonchev–Trinajstić information content (AvgIpc) is 2.95. The van der Waals surface area contributed by atoms with Crippen molar-refractivity contribution in [1.29, 1.82) is 0 Å². The monoisotopic (exact) mass is 253 g/mol. The van der Waals surface area contributed by atoms with Gasteiger partial charge in [0.1, 0.15) is 0 Å². The summed E-state index contributed by atoms with van der Waals surface area (Å²) in [6.45, 7) is 3.21. The van der Waals surface area contributed by atoms with Gasteiger partial charge in [-0.1, -0.05) is 34.1 Å². The highest BCUT2D eigenvalue weighted by Crippen LogP contribution is 2.29. The molecule has 0 unspecified atom stereocenters. The number of aryl methyl sites for hydroxylation is 1. The number of nitrogens with zero attached hydrogens (tertiary/aromatic N) is 1. The van der Waals surface area contributed by atoms with Crippen LogP contribution in [0.3, 0.4) is 0 Å². The van der Waals surface area contributed by atoms with Crippen LogP contribution < -0.4 is 0 Å². The third kappa shape index (κ3) is 2.18. The highest BCUT2D eigenvalue weighted by Gasteiger charge is 2.26. The lowest BCUT2D eigenvalue weighted by Crippen LogP contribution is -2.20. The van der Waals surface area contributed by atoms with E-state index >= 15 is 0 Å². The molecule has 1 aliphatic rings. The fourth-order valence-electron chi connectivity index (χ4n) is 1.74. The van der Waals surface area contributed by atoms with Crippen molar-refractivity contribution >= 4 is 15.9 Å². The molecule has 0 saturated heterocycles. The highest BCUT2D eigenvalue weighted by molar-refractivity contribution is 9.10. The molecular weight excluding hydrogens is 238 g/mol. The Morgan fingerprint density at radius 1 is 1.43 bits per heavy atom. The first-order valence-corrected chi connectivity index (χ1v) is 5.92. The number of rotatable bonds is 3. The molecule has 1 aliphatic carbocycles. The fraction of sp³-hybridized carbons (Fsp3) is 0.500. The molecule has 2 heteroatoms. The van der Waals surface area contributed by atoms with E-state index in [2.05, 4.69) is 53.0 Å². The SMILES string of the molecule is Cc1cccc(CN(C)C2CC2)c1Br. The summed E-state index contributed by atoms with van der Waals surface area (Å²) in [5.41, 5.74) is 2.73. The summed E-state index contributed by atoms with van der Waals surface area (Å²) in [6, 6.07) is 7.32. The number of halogens is 1. The van der Waals surface area contributed by atoms with Crippen LogP contribution in [0.25, 0.3) is 0 Å². The van der Waals surface area contributed by atoms with Crippen LogP contribution in [0.2, 0.25) is 0 Å².